The van der Waals surface area contributed by atoms with Crippen LogP contribution in [0.4, 0.5) is 32.0 Å². The van der Waals surface area contributed by atoms with E-state index < -0.39 is 46.6 Å². The second-order valence-electron chi connectivity index (χ2n) is 4.63. The van der Waals surface area contributed by atoms with Crippen molar-refractivity contribution in [3.63, 3.8) is 0 Å². The van der Waals surface area contributed by atoms with Crippen molar-refractivity contribution in [2.75, 3.05) is 5.32 Å². The van der Waals surface area contributed by atoms with Gasteiger partial charge in [-0.15, -0.1) is 0 Å². The Kier molecular flexibility index (Phi) is 4.16. The van der Waals surface area contributed by atoms with Gasteiger partial charge in [0, 0.05) is 12.7 Å². The molecule has 0 radical (unpaired) electrons. The molecular weight excluding hydrogens is 346 g/mol. The Bertz CT molecular complexity index is 729. The van der Waals surface area contributed by atoms with Crippen LogP contribution in [0.1, 0.15) is 21.6 Å². The molecule has 24 heavy (non-hydrogen) atoms. The van der Waals surface area contributed by atoms with E-state index in [-0.39, 0.29) is 6.07 Å². The first-order valence-electron chi connectivity index (χ1n) is 6.09. The van der Waals surface area contributed by atoms with Crippen LogP contribution >= 0.6 is 0 Å². The number of aromatic nitrogens is 3. The lowest BCUT2D eigenvalue weighted by Crippen LogP contribution is -2.18. The average Bonchev–Trinajstić information content (AvgIpc) is 2.75. The summed E-state index contributed by atoms with van der Waals surface area (Å²) in [5.41, 5.74) is -4.44. The molecule has 6 nitrogen and oxygen atoms in total. The highest BCUT2D eigenvalue weighted by molar-refractivity contribution is 6.04. The van der Waals surface area contributed by atoms with Crippen molar-refractivity contribution in [1.82, 2.24) is 15.0 Å². The van der Waals surface area contributed by atoms with E-state index in [4.69, 9.17) is 0 Å². The first-order chi connectivity index (χ1) is 10.9. The fraction of sp³-hybridized carbons (Fsp3) is 0.250. The number of amides is 1. The van der Waals surface area contributed by atoms with Crippen LogP contribution < -0.4 is 5.32 Å². The van der Waals surface area contributed by atoms with E-state index >= 15 is 0 Å². The van der Waals surface area contributed by atoms with Crippen molar-refractivity contribution in [3.8, 4) is 5.88 Å². The zero-order valence-corrected chi connectivity index (χ0v) is 11.7. The normalized spacial score (nSPS) is 12.3. The maximum Gasteiger partial charge on any atom is 0.416 e. The fourth-order valence-corrected chi connectivity index (χ4v) is 1.81. The van der Waals surface area contributed by atoms with E-state index in [1.807, 2.05) is 5.32 Å². The van der Waals surface area contributed by atoms with Crippen molar-refractivity contribution in [2.24, 2.45) is 7.05 Å². The predicted octanol–water partition coefficient (Wildman–Crippen LogP) is 2.81. The molecule has 12 heteroatoms. The number of nitrogens with zero attached hydrogens (tertiary/aromatic N) is 3. The van der Waals surface area contributed by atoms with Crippen molar-refractivity contribution >= 4 is 11.6 Å². The molecule has 1 heterocycles. The molecule has 0 saturated carbocycles. The molecule has 0 aliphatic rings. The summed E-state index contributed by atoms with van der Waals surface area (Å²) in [5.74, 6) is -1.99. The Morgan fingerprint density at radius 2 is 1.58 bits per heavy atom. The summed E-state index contributed by atoms with van der Waals surface area (Å²) in [5, 5.41) is 17.6. The van der Waals surface area contributed by atoms with Crippen LogP contribution in [0.3, 0.4) is 0 Å². The molecule has 0 atom stereocenters. The summed E-state index contributed by atoms with van der Waals surface area (Å²) in [7, 11) is 1.20. The molecule has 0 fully saturated rings. The number of aromatic hydroxyl groups is 1. The molecule has 2 aromatic rings. The van der Waals surface area contributed by atoms with Gasteiger partial charge in [0.25, 0.3) is 11.8 Å². The van der Waals surface area contributed by atoms with E-state index in [0.717, 1.165) is 4.68 Å². The Hall–Kier alpha value is -2.79. The first kappa shape index (κ1) is 17.6. The molecule has 0 aliphatic carbocycles. The van der Waals surface area contributed by atoms with Gasteiger partial charge < -0.3 is 10.4 Å². The highest BCUT2D eigenvalue weighted by Gasteiger charge is 2.37. The molecule has 1 aromatic heterocycles. The Morgan fingerprint density at radius 3 is 1.96 bits per heavy atom. The second-order valence-corrected chi connectivity index (χ2v) is 4.63. The van der Waals surface area contributed by atoms with Gasteiger partial charge in [-0.2, -0.15) is 26.3 Å². The molecule has 0 saturated heterocycles. The number of nitrogens with one attached hydrogen (secondary N) is 1. The fourth-order valence-electron chi connectivity index (χ4n) is 1.81. The van der Waals surface area contributed by atoms with Crippen LogP contribution in [0.15, 0.2) is 18.2 Å². The lowest BCUT2D eigenvalue weighted by atomic mass is 10.1. The van der Waals surface area contributed by atoms with E-state index in [9.17, 15) is 36.2 Å². The predicted molar refractivity (Wildman–Crippen MR) is 67.1 cm³/mol. The molecule has 0 aliphatic heterocycles. The number of halogens is 6. The van der Waals surface area contributed by atoms with Crippen molar-refractivity contribution in [2.45, 2.75) is 12.4 Å². The monoisotopic (exact) mass is 354 g/mol. The molecule has 0 spiro atoms. The third kappa shape index (κ3) is 3.58. The van der Waals surface area contributed by atoms with Gasteiger partial charge in [0.15, 0.2) is 5.69 Å². The van der Waals surface area contributed by atoms with E-state index in [1.54, 1.807) is 0 Å². The highest BCUT2D eigenvalue weighted by atomic mass is 19.4. The summed E-state index contributed by atoms with van der Waals surface area (Å²) in [4.78, 5) is 11.9. The number of carbonyl (C=O) groups is 1. The number of hydrogen-bond acceptors (Lipinski definition) is 4. The number of benzene rings is 1. The third-order valence-corrected chi connectivity index (χ3v) is 2.87. The summed E-state index contributed by atoms with van der Waals surface area (Å²) in [6, 6.07) is 0.612. The topological polar surface area (TPSA) is 80.0 Å². The first-order valence-corrected chi connectivity index (χ1v) is 6.09. The van der Waals surface area contributed by atoms with E-state index in [2.05, 4.69) is 10.3 Å². The molecule has 1 amide bonds. The van der Waals surface area contributed by atoms with E-state index in [1.165, 1.54) is 7.05 Å². The molecule has 0 bridgehead atoms. The van der Waals surface area contributed by atoms with Gasteiger partial charge in [-0.25, -0.2) is 4.68 Å². The van der Waals surface area contributed by atoms with Crippen LogP contribution in [-0.2, 0) is 19.4 Å². The lowest BCUT2D eigenvalue weighted by molar-refractivity contribution is -0.143. The van der Waals surface area contributed by atoms with Crippen LogP contribution in [0.25, 0.3) is 0 Å². The summed E-state index contributed by atoms with van der Waals surface area (Å²) < 4.78 is 77.2. The van der Waals surface area contributed by atoms with Gasteiger partial charge in [-0.05, 0) is 18.2 Å². The van der Waals surface area contributed by atoms with Crippen LogP contribution in [0.2, 0.25) is 0 Å². The molecule has 0 unspecified atom stereocenters. The smallest absolute Gasteiger partial charge is 0.416 e. The van der Waals surface area contributed by atoms with Crippen LogP contribution in [-0.4, -0.2) is 26.0 Å². The molecular formula is C12H8F6N4O2. The van der Waals surface area contributed by atoms with Crippen LogP contribution in [0.5, 0.6) is 5.88 Å². The van der Waals surface area contributed by atoms with Gasteiger partial charge in [-0.3, -0.25) is 4.79 Å². The van der Waals surface area contributed by atoms with Gasteiger partial charge in [0.2, 0.25) is 0 Å². The summed E-state index contributed by atoms with van der Waals surface area (Å²) >= 11 is 0. The zero-order valence-electron chi connectivity index (χ0n) is 11.7. The number of aryl methyl sites for hydroxylation is 1. The van der Waals surface area contributed by atoms with Gasteiger partial charge in [-0.1, -0.05) is 10.3 Å². The third-order valence-electron chi connectivity index (χ3n) is 2.87. The minimum Gasteiger partial charge on any atom is -0.491 e. The van der Waals surface area contributed by atoms with E-state index in [0.29, 0.717) is 12.1 Å². The molecule has 2 rings (SSSR count). The quantitative estimate of drug-likeness (QED) is 0.813. The standard InChI is InChI=1S/C12H8F6N4O2/c1-22-8(10(24)20-21-22)9(23)19-7-3-5(11(13,14)15)2-6(4-7)12(16,17)18/h2-4,24H,1H3,(H,19,23). The Labute approximate surface area is 129 Å². The maximum absolute atomic E-state index is 12.7. The summed E-state index contributed by atoms with van der Waals surface area (Å²) in [6.07, 6.45) is -10.1. The second kappa shape index (κ2) is 5.69. The molecule has 1 aromatic carbocycles. The van der Waals surface area contributed by atoms with Gasteiger partial charge in [0.05, 0.1) is 11.1 Å². The lowest BCUT2D eigenvalue weighted by Gasteiger charge is -2.14. The largest absolute Gasteiger partial charge is 0.491 e. The Morgan fingerprint density at radius 1 is 1.08 bits per heavy atom. The number of rotatable bonds is 2. The minimum atomic E-state index is -5.04. The van der Waals surface area contributed by atoms with Crippen molar-refractivity contribution in [3.05, 3.63) is 35.0 Å². The van der Waals surface area contributed by atoms with Gasteiger partial charge >= 0.3 is 12.4 Å². The number of hydrogen-bond donors (Lipinski definition) is 2. The Balaban J connectivity index is 2.45. The highest BCUT2D eigenvalue weighted by Crippen LogP contribution is 2.37. The number of anilines is 1. The zero-order chi connectivity index (χ0) is 18.3. The van der Waals surface area contributed by atoms with Crippen molar-refractivity contribution < 1.29 is 36.2 Å². The average molecular weight is 354 g/mol. The summed E-state index contributed by atoms with van der Waals surface area (Å²) in [6.45, 7) is 0. The maximum atomic E-state index is 12.7. The molecule has 130 valence electrons. The molecule has 2 N–H and O–H groups in total. The number of carbonyl (C=O) groups excluding carboxylic acids is 1. The number of alkyl halides is 6. The SMILES string of the molecule is Cn1nnc(O)c1C(=O)Nc1cc(C(F)(F)F)cc(C(F)(F)F)c1. The minimum absolute atomic E-state index is 0.0707. The van der Waals surface area contributed by atoms with Gasteiger partial charge in [0.1, 0.15) is 0 Å². The van der Waals surface area contributed by atoms with Crippen molar-refractivity contribution in [1.29, 1.82) is 0 Å². The van der Waals surface area contributed by atoms with Crippen LogP contribution in [0, 0.1) is 0 Å².